The summed E-state index contributed by atoms with van der Waals surface area (Å²) in [5.41, 5.74) is 2.44. The number of nitrogens with zero attached hydrogens (tertiary/aromatic N) is 3. The molecule has 0 N–H and O–H groups in total. The van der Waals surface area contributed by atoms with Crippen molar-refractivity contribution in [2.24, 2.45) is 0 Å². The molecule has 1 atom stereocenters. The van der Waals surface area contributed by atoms with Gasteiger partial charge in [-0.05, 0) is 49.5 Å². The molecule has 0 aliphatic rings. The van der Waals surface area contributed by atoms with E-state index in [1.54, 1.807) is 29.1 Å². The van der Waals surface area contributed by atoms with Gasteiger partial charge in [0.2, 0.25) is 0 Å². The van der Waals surface area contributed by atoms with E-state index >= 15 is 0 Å². The molecule has 3 rings (SSSR count). The molecule has 29 heavy (non-hydrogen) atoms. The third kappa shape index (κ3) is 5.65. The van der Waals surface area contributed by atoms with Crippen molar-refractivity contribution in [1.29, 1.82) is 0 Å². The lowest BCUT2D eigenvalue weighted by molar-refractivity contribution is -0.274. The quantitative estimate of drug-likeness (QED) is 0.474. The summed E-state index contributed by atoms with van der Waals surface area (Å²) >= 11 is 12.2. The third-order valence-corrected chi connectivity index (χ3v) is 4.95. The van der Waals surface area contributed by atoms with E-state index in [0.717, 1.165) is 16.7 Å². The summed E-state index contributed by atoms with van der Waals surface area (Å²) in [6.45, 7) is 0.664. The fourth-order valence-electron chi connectivity index (χ4n) is 2.91. The molecule has 1 heterocycles. The predicted octanol–water partition coefficient (Wildman–Crippen LogP) is 5.91. The number of hydrogen-bond donors (Lipinski definition) is 0. The van der Waals surface area contributed by atoms with E-state index in [4.69, 9.17) is 23.2 Å². The summed E-state index contributed by atoms with van der Waals surface area (Å²) in [4.78, 5) is 2.03. The minimum Gasteiger partial charge on any atom is -0.406 e. The minimum absolute atomic E-state index is 0.124. The van der Waals surface area contributed by atoms with Crippen molar-refractivity contribution in [3.63, 3.8) is 0 Å². The lowest BCUT2D eigenvalue weighted by Gasteiger charge is -2.22. The molecular weight excluding hydrogens is 426 g/mol. The molecule has 0 saturated heterocycles. The number of halogens is 5. The van der Waals surface area contributed by atoms with Gasteiger partial charge in [-0.25, -0.2) is 0 Å². The van der Waals surface area contributed by atoms with E-state index in [1.165, 1.54) is 12.1 Å². The highest BCUT2D eigenvalue weighted by Crippen LogP contribution is 2.30. The molecular formula is C20H18Cl2F3N3O. The maximum atomic E-state index is 12.3. The van der Waals surface area contributed by atoms with Gasteiger partial charge in [0.05, 0.1) is 22.3 Å². The van der Waals surface area contributed by atoms with Crippen molar-refractivity contribution >= 4 is 23.2 Å². The summed E-state index contributed by atoms with van der Waals surface area (Å²) in [5, 5.41) is 5.39. The molecule has 0 fully saturated rings. The van der Waals surface area contributed by atoms with E-state index < -0.39 is 6.36 Å². The zero-order valence-corrected chi connectivity index (χ0v) is 17.1. The Morgan fingerprint density at radius 2 is 1.72 bits per heavy atom. The number of likely N-dealkylation sites (N-methyl/N-ethyl adjacent to an activating group) is 1. The highest BCUT2D eigenvalue weighted by Gasteiger charge is 2.31. The van der Waals surface area contributed by atoms with Crippen molar-refractivity contribution in [2.75, 3.05) is 20.6 Å². The fourth-order valence-corrected chi connectivity index (χ4v) is 3.22. The molecule has 0 bridgehead atoms. The van der Waals surface area contributed by atoms with Gasteiger partial charge in [0.25, 0.3) is 0 Å². The van der Waals surface area contributed by atoms with E-state index in [2.05, 4.69) is 9.84 Å². The molecule has 1 unspecified atom stereocenters. The molecule has 0 aliphatic carbocycles. The van der Waals surface area contributed by atoms with Gasteiger partial charge < -0.3 is 9.64 Å². The molecule has 154 valence electrons. The van der Waals surface area contributed by atoms with Gasteiger partial charge >= 0.3 is 6.36 Å². The Balaban J connectivity index is 1.88. The van der Waals surface area contributed by atoms with Crippen molar-refractivity contribution in [3.8, 4) is 16.9 Å². The first-order valence-electron chi connectivity index (χ1n) is 8.62. The van der Waals surface area contributed by atoms with E-state index in [9.17, 15) is 13.2 Å². The van der Waals surface area contributed by atoms with Gasteiger partial charge in [0.15, 0.2) is 0 Å². The molecule has 0 spiro atoms. The Morgan fingerprint density at radius 1 is 1.03 bits per heavy atom. The molecule has 3 aromatic rings. The Morgan fingerprint density at radius 3 is 2.31 bits per heavy atom. The molecule has 0 amide bonds. The normalized spacial score (nSPS) is 13.0. The van der Waals surface area contributed by atoms with Crippen LogP contribution < -0.4 is 4.74 Å². The zero-order chi connectivity index (χ0) is 21.2. The van der Waals surface area contributed by atoms with E-state index in [1.807, 2.05) is 37.3 Å². The van der Waals surface area contributed by atoms with Gasteiger partial charge in [-0.15, -0.1) is 13.2 Å². The Hall–Kier alpha value is -2.22. The molecule has 0 aliphatic heterocycles. The zero-order valence-electron chi connectivity index (χ0n) is 15.6. The number of rotatable bonds is 6. The van der Waals surface area contributed by atoms with E-state index in [-0.39, 0.29) is 11.8 Å². The number of hydrogen-bond acceptors (Lipinski definition) is 3. The molecule has 0 saturated carbocycles. The summed E-state index contributed by atoms with van der Waals surface area (Å²) in [6.07, 6.45) is -1.21. The standard InChI is InChI=1S/C20H18Cl2F3N3O/c1-27(2)12-19(14-5-8-17(21)18(22)9-14)28-11-15(10-26-28)13-3-6-16(7-4-13)29-20(23,24)25/h3-11,19H,12H2,1-2H3. The van der Waals surface area contributed by atoms with Crippen LogP contribution in [0.1, 0.15) is 11.6 Å². The molecule has 9 heteroatoms. The number of aromatic nitrogens is 2. The third-order valence-electron chi connectivity index (χ3n) is 4.21. The van der Waals surface area contributed by atoms with Crippen molar-refractivity contribution in [3.05, 3.63) is 70.5 Å². The highest BCUT2D eigenvalue weighted by molar-refractivity contribution is 6.42. The summed E-state index contributed by atoms with van der Waals surface area (Å²) in [6, 6.07) is 11.0. The van der Waals surface area contributed by atoms with Crippen LogP contribution in [0.2, 0.25) is 10.0 Å². The molecule has 4 nitrogen and oxygen atoms in total. The summed E-state index contributed by atoms with van der Waals surface area (Å²) in [7, 11) is 3.91. The van der Waals surface area contributed by atoms with Crippen molar-refractivity contribution in [1.82, 2.24) is 14.7 Å². The van der Waals surface area contributed by atoms with Crippen LogP contribution in [-0.2, 0) is 0 Å². The van der Waals surface area contributed by atoms with Crippen LogP contribution in [0, 0.1) is 0 Å². The summed E-state index contributed by atoms with van der Waals surface area (Å²) in [5.74, 6) is -0.269. The number of alkyl halides is 3. The maximum absolute atomic E-state index is 12.3. The highest BCUT2D eigenvalue weighted by atomic mass is 35.5. The SMILES string of the molecule is CN(C)CC(c1ccc(Cl)c(Cl)c1)n1cc(-c2ccc(OC(F)(F)F)cc2)cn1. The van der Waals surface area contributed by atoms with Gasteiger partial charge in [-0.1, -0.05) is 41.4 Å². The second-order valence-corrected chi connectivity index (χ2v) is 7.55. The first-order valence-corrected chi connectivity index (χ1v) is 9.38. The molecule has 0 radical (unpaired) electrons. The first kappa shape index (κ1) is 21.5. The van der Waals surface area contributed by atoms with Gasteiger partial charge in [-0.3, -0.25) is 4.68 Å². The number of benzene rings is 2. The maximum Gasteiger partial charge on any atom is 0.573 e. The van der Waals surface area contributed by atoms with Crippen molar-refractivity contribution in [2.45, 2.75) is 12.4 Å². The van der Waals surface area contributed by atoms with Gasteiger partial charge in [0, 0.05) is 18.3 Å². The lowest BCUT2D eigenvalue weighted by atomic mass is 10.1. The Labute approximate surface area is 176 Å². The second kappa shape index (κ2) is 8.65. The van der Waals surface area contributed by atoms with Crippen LogP contribution in [0.5, 0.6) is 5.75 Å². The monoisotopic (exact) mass is 443 g/mol. The second-order valence-electron chi connectivity index (χ2n) is 6.73. The topological polar surface area (TPSA) is 30.3 Å². The predicted molar refractivity (Wildman–Crippen MR) is 108 cm³/mol. The van der Waals surface area contributed by atoms with Crippen molar-refractivity contribution < 1.29 is 17.9 Å². The lowest BCUT2D eigenvalue weighted by Crippen LogP contribution is -2.25. The molecule has 1 aromatic heterocycles. The Bertz CT molecular complexity index is 972. The smallest absolute Gasteiger partial charge is 0.406 e. The molecule has 2 aromatic carbocycles. The van der Waals surface area contributed by atoms with Crippen LogP contribution in [0.25, 0.3) is 11.1 Å². The van der Waals surface area contributed by atoms with Gasteiger partial charge in [0.1, 0.15) is 5.75 Å². The largest absolute Gasteiger partial charge is 0.573 e. The fraction of sp³-hybridized carbons (Fsp3) is 0.250. The summed E-state index contributed by atoms with van der Waals surface area (Å²) < 4.78 is 42.7. The Kier molecular flexibility index (Phi) is 6.41. The van der Waals surface area contributed by atoms with Crippen LogP contribution in [0.4, 0.5) is 13.2 Å². The average molecular weight is 444 g/mol. The number of ether oxygens (including phenoxy) is 1. The first-order chi connectivity index (χ1) is 13.6. The van der Waals surface area contributed by atoms with Crippen LogP contribution >= 0.6 is 23.2 Å². The average Bonchev–Trinajstić information content (AvgIpc) is 3.11. The van der Waals surface area contributed by atoms with Crippen LogP contribution in [0.3, 0.4) is 0 Å². The van der Waals surface area contributed by atoms with Crippen LogP contribution in [0.15, 0.2) is 54.9 Å². The minimum atomic E-state index is -4.72. The van der Waals surface area contributed by atoms with Gasteiger partial charge in [-0.2, -0.15) is 5.10 Å². The van der Waals surface area contributed by atoms with E-state index in [0.29, 0.717) is 16.6 Å². The van der Waals surface area contributed by atoms with Crippen LogP contribution in [-0.4, -0.2) is 41.7 Å².